The maximum atomic E-state index is 11.7. The number of nitrogens with one attached hydrogen (secondary N) is 2. The Bertz CT molecular complexity index is 406. The Morgan fingerprint density at radius 1 is 1.38 bits per heavy atom. The molecular weight excluding hydrogens is 204 g/mol. The number of aromatic nitrogens is 3. The average Bonchev–Trinajstić information content (AvgIpc) is 2.61. The van der Waals surface area contributed by atoms with E-state index in [0.717, 1.165) is 18.8 Å². The Labute approximate surface area is 95.2 Å². The molecule has 0 bridgehead atoms. The van der Waals surface area contributed by atoms with Crippen LogP contribution in [0.1, 0.15) is 51.9 Å². The minimum absolute atomic E-state index is 0.116. The summed E-state index contributed by atoms with van der Waals surface area (Å²) in [5, 5.41) is 7.77. The zero-order valence-electron chi connectivity index (χ0n) is 10.2. The van der Waals surface area contributed by atoms with Crippen molar-refractivity contribution in [2.75, 3.05) is 6.54 Å². The molecule has 1 aromatic heterocycles. The number of hydrogen-bond donors (Lipinski definition) is 2. The molecule has 1 fully saturated rings. The summed E-state index contributed by atoms with van der Waals surface area (Å²) in [5.41, 5.74) is -0.379. The molecule has 0 spiro atoms. The number of nitrogens with zero attached hydrogens (tertiary/aromatic N) is 2. The molecule has 90 valence electrons. The van der Waals surface area contributed by atoms with Crippen LogP contribution in [-0.2, 0) is 5.54 Å². The van der Waals surface area contributed by atoms with E-state index in [9.17, 15) is 4.79 Å². The van der Waals surface area contributed by atoms with Gasteiger partial charge in [0.15, 0.2) is 0 Å². The van der Waals surface area contributed by atoms with Crippen molar-refractivity contribution in [1.29, 1.82) is 0 Å². The Kier molecular flexibility index (Phi) is 2.88. The van der Waals surface area contributed by atoms with Crippen molar-refractivity contribution >= 4 is 0 Å². The third-order valence-corrected chi connectivity index (χ3v) is 2.91. The van der Waals surface area contributed by atoms with Crippen LogP contribution in [-0.4, -0.2) is 21.3 Å². The number of rotatable bonds is 1. The van der Waals surface area contributed by atoms with Crippen LogP contribution in [0.5, 0.6) is 0 Å². The predicted molar refractivity (Wildman–Crippen MR) is 62.4 cm³/mol. The van der Waals surface area contributed by atoms with E-state index in [1.807, 2.05) is 20.8 Å². The Morgan fingerprint density at radius 2 is 2.12 bits per heavy atom. The van der Waals surface area contributed by atoms with Gasteiger partial charge in [0, 0.05) is 0 Å². The first-order valence-electron chi connectivity index (χ1n) is 5.91. The standard InChI is InChI=1S/C11H20N4O/c1-11(2,3)15-10(16)13-9(14-15)8-6-4-5-7-12-8/h8,12H,4-7H2,1-3H3,(H,13,14,16). The third kappa shape index (κ3) is 2.19. The summed E-state index contributed by atoms with van der Waals surface area (Å²) in [4.78, 5) is 14.6. The van der Waals surface area contributed by atoms with Crippen molar-refractivity contribution in [1.82, 2.24) is 20.1 Å². The third-order valence-electron chi connectivity index (χ3n) is 2.91. The average molecular weight is 224 g/mol. The SMILES string of the molecule is CC(C)(C)n1nc(C2CCCCN2)[nH]c1=O. The lowest BCUT2D eigenvalue weighted by molar-refractivity contribution is 0.334. The summed E-state index contributed by atoms with van der Waals surface area (Å²) in [6.07, 6.45) is 3.46. The minimum atomic E-state index is -0.263. The lowest BCUT2D eigenvalue weighted by Crippen LogP contribution is -2.33. The van der Waals surface area contributed by atoms with Crippen LogP contribution < -0.4 is 11.0 Å². The van der Waals surface area contributed by atoms with Gasteiger partial charge in [-0.2, -0.15) is 5.10 Å². The highest BCUT2D eigenvalue weighted by Crippen LogP contribution is 2.19. The highest BCUT2D eigenvalue weighted by molar-refractivity contribution is 4.95. The molecule has 1 atom stereocenters. The van der Waals surface area contributed by atoms with Gasteiger partial charge >= 0.3 is 5.69 Å². The summed E-state index contributed by atoms with van der Waals surface area (Å²) in [7, 11) is 0. The zero-order chi connectivity index (χ0) is 11.8. The van der Waals surface area contributed by atoms with Gasteiger partial charge in [0.05, 0.1) is 11.6 Å². The van der Waals surface area contributed by atoms with E-state index in [4.69, 9.17) is 0 Å². The highest BCUT2D eigenvalue weighted by atomic mass is 16.2. The fourth-order valence-corrected chi connectivity index (χ4v) is 2.04. The van der Waals surface area contributed by atoms with E-state index in [1.165, 1.54) is 17.5 Å². The first-order chi connectivity index (χ1) is 7.48. The van der Waals surface area contributed by atoms with Gasteiger partial charge in [-0.3, -0.25) is 4.98 Å². The monoisotopic (exact) mass is 224 g/mol. The normalized spacial score (nSPS) is 22.3. The van der Waals surface area contributed by atoms with Crippen LogP contribution in [0.15, 0.2) is 4.79 Å². The summed E-state index contributed by atoms with van der Waals surface area (Å²) in [6.45, 7) is 6.95. The molecule has 1 unspecified atom stereocenters. The topological polar surface area (TPSA) is 62.7 Å². The van der Waals surface area contributed by atoms with Gasteiger partial charge in [0.2, 0.25) is 0 Å². The van der Waals surface area contributed by atoms with Crippen molar-refractivity contribution in [3.63, 3.8) is 0 Å². The molecule has 5 heteroatoms. The second kappa shape index (κ2) is 4.05. The largest absolute Gasteiger partial charge is 0.343 e. The van der Waals surface area contributed by atoms with Crippen LogP contribution >= 0.6 is 0 Å². The molecule has 1 aromatic rings. The molecule has 1 aliphatic heterocycles. The van der Waals surface area contributed by atoms with Gasteiger partial charge in [-0.25, -0.2) is 9.48 Å². The van der Waals surface area contributed by atoms with Crippen molar-refractivity contribution in [3.8, 4) is 0 Å². The Balaban J connectivity index is 2.26. The van der Waals surface area contributed by atoms with Crippen molar-refractivity contribution in [2.24, 2.45) is 0 Å². The molecule has 0 aliphatic carbocycles. The summed E-state index contributed by atoms with van der Waals surface area (Å²) in [5.74, 6) is 0.777. The summed E-state index contributed by atoms with van der Waals surface area (Å²) < 4.78 is 1.53. The molecule has 0 radical (unpaired) electrons. The molecular formula is C11H20N4O. The minimum Gasteiger partial charge on any atom is -0.307 e. The molecule has 5 nitrogen and oxygen atoms in total. The Morgan fingerprint density at radius 3 is 2.62 bits per heavy atom. The van der Waals surface area contributed by atoms with E-state index < -0.39 is 0 Å². The van der Waals surface area contributed by atoms with Crippen LogP contribution in [0, 0.1) is 0 Å². The predicted octanol–water partition coefficient (Wildman–Crippen LogP) is 1.14. The molecule has 2 heterocycles. The van der Waals surface area contributed by atoms with Crippen LogP contribution in [0.3, 0.4) is 0 Å². The maximum absolute atomic E-state index is 11.7. The molecule has 0 aromatic carbocycles. The van der Waals surface area contributed by atoms with Gasteiger partial charge in [-0.15, -0.1) is 0 Å². The summed E-state index contributed by atoms with van der Waals surface area (Å²) >= 11 is 0. The van der Waals surface area contributed by atoms with Gasteiger partial charge in [0.25, 0.3) is 0 Å². The van der Waals surface area contributed by atoms with Crippen molar-refractivity contribution < 1.29 is 0 Å². The van der Waals surface area contributed by atoms with E-state index in [-0.39, 0.29) is 17.3 Å². The van der Waals surface area contributed by atoms with Crippen LogP contribution in [0.2, 0.25) is 0 Å². The highest BCUT2D eigenvalue weighted by Gasteiger charge is 2.23. The zero-order valence-corrected chi connectivity index (χ0v) is 10.2. The van der Waals surface area contributed by atoms with Crippen molar-refractivity contribution in [2.45, 2.75) is 51.6 Å². The molecule has 0 amide bonds. The quantitative estimate of drug-likeness (QED) is 0.752. The molecule has 1 aliphatic rings. The smallest absolute Gasteiger partial charge is 0.307 e. The van der Waals surface area contributed by atoms with E-state index in [1.54, 1.807) is 0 Å². The fourth-order valence-electron chi connectivity index (χ4n) is 2.04. The van der Waals surface area contributed by atoms with Crippen LogP contribution in [0.25, 0.3) is 0 Å². The van der Waals surface area contributed by atoms with Crippen molar-refractivity contribution in [3.05, 3.63) is 16.3 Å². The Hall–Kier alpha value is -1.10. The lowest BCUT2D eigenvalue weighted by atomic mass is 10.0. The van der Waals surface area contributed by atoms with Gasteiger partial charge in [0.1, 0.15) is 5.82 Å². The lowest BCUT2D eigenvalue weighted by Gasteiger charge is -2.21. The molecule has 16 heavy (non-hydrogen) atoms. The maximum Gasteiger partial charge on any atom is 0.343 e. The van der Waals surface area contributed by atoms with Crippen LogP contribution in [0.4, 0.5) is 0 Å². The molecule has 0 saturated carbocycles. The molecule has 1 saturated heterocycles. The van der Waals surface area contributed by atoms with E-state index in [2.05, 4.69) is 15.4 Å². The van der Waals surface area contributed by atoms with Gasteiger partial charge in [-0.1, -0.05) is 6.42 Å². The van der Waals surface area contributed by atoms with E-state index in [0.29, 0.717) is 0 Å². The summed E-state index contributed by atoms with van der Waals surface area (Å²) in [6, 6.07) is 0.213. The second-order valence-corrected chi connectivity index (χ2v) is 5.40. The van der Waals surface area contributed by atoms with E-state index >= 15 is 0 Å². The number of H-pyrrole nitrogens is 1. The van der Waals surface area contributed by atoms with Gasteiger partial charge in [-0.05, 0) is 40.2 Å². The number of aromatic amines is 1. The number of hydrogen-bond acceptors (Lipinski definition) is 3. The first-order valence-corrected chi connectivity index (χ1v) is 5.91. The number of piperidine rings is 1. The molecule has 2 N–H and O–H groups in total. The van der Waals surface area contributed by atoms with Gasteiger partial charge < -0.3 is 5.32 Å². The fraction of sp³-hybridized carbons (Fsp3) is 0.818. The first kappa shape index (κ1) is 11.4. The second-order valence-electron chi connectivity index (χ2n) is 5.40. The molecule has 2 rings (SSSR count).